The third-order valence-corrected chi connectivity index (χ3v) is 4.46. The lowest BCUT2D eigenvalue weighted by Crippen LogP contribution is -2.38. The van der Waals surface area contributed by atoms with Gasteiger partial charge in [-0.15, -0.1) is 0 Å². The van der Waals surface area contributed by atoms with Crippen LogP contribution < -0.4 is 16.2 Å². The second-order valence-electron chi connectivity index (χ2n) is 6.15. The molecule has 2 aromatic carbocycles. The van der Waals surface area contributed by atoms with Crippen molar-refractivity contribution in [1.29, 1.82) is 5.26 Å². The number of amides is 1. The van der Waals surface area contributed by atoms with E-state index in [1.807, 2.05) is 54.6 Å². The first-order chi connectivity index (χ1) is 13.2. The summed E-state index contributed by atoms with van der Waals surface area (Å²) in [5.41, 5.74) is 1.35. The van der Waals surface area contributed by atoms with Crippen LogP contribution in [-0.4, -0.2) is 15.9 Å². The van der Waals surface area contributed by atoms with Crippen LogP contribution in [0.1, 0.15) is 17.0 Å². The van der Waals surface area contributed by atoms with E-state index in [4.69, 9.17) is 0 Å². The second kappa shape index (κ2) is 6.77. The SMILES string of the molecule is N#C[C@@H]1C(=O)Nc2nc(Nc3ccccc3)[nH]c(=O)c2[C@H]1c1ccccc1. The highest BCUT2D eigenvalue weighted by Gasteiger charge is 2.40. The summed E-state index contributed by atoms with van der Waals surface area (Å²) >= 11 is 0. The number of aromatic amines is 1. The Morgan fingerprint density at radius 2 is 1.67 bits per heavy atom. The van der Waals surface area contributed by atoms with E-state index < -0.39 is 23.3 Å². The number of anilines is 3. The molecule has 0 aliphatic carbocycles. The lowest BCUT2D eigenvalue weighted by Gasteiger charge is -2.28. The van der Waals surface area contributed by atoms with E-state index in [2.05, 4.69) is 20.6 Å². The summed E-state index contributed by atoms with van der Waals surface area (Å²) in [5, 5.41) is 15.1. The van der Waals surface area contributed by atoms with Crippen molar-refractivity contribution in [2.24, 2.45) is 5.92 Å². The lowest BCUT2D eigenvalue weighted by atomic mass is 9.79. The standard InChI is InChI=1S/C20H15N5O2/c21-11-14-15(12-7-3-1-4-8-12)16-17(23-18(14)26)24-20(25-19(16)27)22-13-9-5-2-6-10-13/h1-10,14-15H,(H3,22,23,24,25,26,27)/t14-,15-/m0/s1. The number of hydrogen-bond acceptors (Lipinski definition) is 5. The average Bonchev–Trinajstić information content (AvgIpc) is 2.68. The highest BCUT2D eigenvalue weighted by molar-refractivity contribution is 5.98. The Bertz CT molecular complexity index is 1090. The first kappa shape index (κ1) is 16.5. The molecule has 3 N–H and O–H groups in total. The molecule has 0 saturated carbocycles. The number of benzene rings is 2. The third kappa shape index (κ3) is 3.04. The van der Waals surface area contributed by atoms with E-state index in [0.717, 1.165) is 11.3 Å². The van der Waals surface area contributed by atoms with Crippen LogP contribution in [-0.2, 0) is 4.79 Å². The van der Waals surface area contributed by atoms with Crippen LogP contribution in [0.4, 0.5) is 17.5 Å². The summed E-state index contributed by atoms with van der Waals surface area (Å²) < 4.78 is 0. The number of carbonyl (C=O) groups is 1. The summed E-state index contributed by atoms with van der Waals surface area (Å²) in [7, 11) is 0. The first-order valence-electron chi connectivity index (χ1n) is 8.39. The van der Waals surface area contributed by atoms with Gasteiger partial charge in [-0.25, -0.2) is 0 Å². The number of nitriles is 1. The smallest absolute Gasteiger partial charge is 0.258 e. The van der Waals surface area contributed by atoms with E-state index in [1.54, 1.807) is 12.1 Å². The maximum atomic E-state index is 12.8. The van der Waals surface area contributed by atoms with E-state index in [0.29, 0.717) is 0 Å². The van der Waals surface area contributed by atoms with Gasteiger partial charge in [-0.05, 0) is 17.7 Å². The number of H-pyrrole nitrogens is 1. The minimum atomic E-state index is -1.00. The number of fused-ring (bicyclic) bond motifs is 1. The second-order valence-corrected chi connectivity index (χ2v) is 6.15. The summed E-state index contributed by atoms with van der Waals surface area (Å²) in [6.07, 6.45) is 0. The average molecular weight is 357 g/mol. The molecule has 0 saturated heterocycles. The number of nitrogens with one attached hydrogen (secondary N) is 3. The Morgan fingerprint density at radius 1 is 1.00 bits per heavy atom. The van der Waals surface area contributed by atoms with Gasteiger partial charge in [0.15, 0.2) is 0 Å². The molecule has 0 fully saturated rings. The van der Waals surface area contributed by atoms with Crippen molar-refractivity contribution in [3.05, 3.63) is 82.1 Å². The molecule has 7 nitrogen and oxygen atoms in total. The van der Waals surface area contributed by atoms with E-state index in [9.17, 15) is 14.9 Å². The lowest BCUT2D eigenvalue weighted by molar-refractivity contribution is -0.119. The van der Waals surface area contributed by atoms with Crippen LogP contribution in [0.15, 0.2) is 65.5 Å². The topological polar surface area (TPSA) is 111 Å². The molecule has 7 heteroatoms. The maximum absolute atomic E-state index is 12.8. The monoisotopic (exact) mass is 357 g/mol. The third-order valence-electron chi connectivity index (χ3n) is 4.46. The van der Waals surface area contributed by atoms with Crippen LogP contribution in [0.5, 0.6) is 0 Å². The molecule has 0 unspecified atom stereocenters. The zero-order valence-electron chi connectivity index (χ0n) is 14.1. The molecule has 2 atom stereocenters. The Balaban J connectivity index is 1.82. The fraction of sp³-hybridized carbons (Fsp3) is 0.100. The van der Waals surface area contributed by atoms with Crippen molar-refractivity contribution in [2.75, 3.05) is 10.6 Å². The number of hydrogen-bond donors (Lipinski definition) is 3. The number of aromatic nitrogens is 2. The molecule has 3 aromatic rings. The fourth-order valence-corrected chi connectivity index (χ4v) is 3.25. The summed E-state index contributed by atoms with van der Waals surface area (Å²) in [5.74, 6) is -1.77. The Kier molecular flexibility index (Phi) is 4.15. The molecule has 1 aromatic heterocycles. The first-order valence-corrected chi connectivity index (χ1v) is 8.39. The quantitative estimate of drug-likeness (QED) is 0.667. The van der Waals surface area contributed by atoms with Gasteiger partial charge >= 0.3 is 0 Å². The zero-order chi connectivity index (χ0) is 18.8. The van der Waals surface area contributed by atoms with Crippen molar-refractivity contribution in [3.63, 3.8) is 0 Å². The predicted molar refractivity (Wildman–Crippen MR) is 101 cm³/mol. The molecule has 1 amide bonds. The van der Waals surface area contributed by atoms with Crippen molar-refractivity contribution in [3.8, 4) is 6.07 Å². The van der Waals surface area contributed by atoms with Gasteiger partial charge in [0.1, 0.15) is 11.7 Å². The van der Waals surface area contributed by atoms with Crippen LogP contribution in [0.3, 0.4) is 0 Å². The molecule has 1 aliphatic rings. The number of rotatable bonds is 3. The van der Waals surface area contributed by atoms with Gasteiger partial charge in [0.25, 0.3) is 5.56 Å². The Hall–Kier alpha value is -3.92. The van der Waals surface area contributed by atoms with Gasteiger partial charge in [0, 0.05) is 11.6 Å². The number of carbonyl (C=O) groups excluding carboxylic acids is 1. The fourth-order valence-electron chi connectivity index (χ4n) is 3.25. The largest absolute Gasteiger partial charge is 0.326 e. The minimum absolute atomic E-state index is 0.169. The molecular weight excluding hydrogens is 342 g/mol. The van der Waals surface area contributed by atoms with E-state index in [1.165, 1.54) is 0 Å². The van der Waals surface area contributed by atoms with Crippen molar-refractivity contribution >= 4 is 23.4 Å². The highest BCUT2D eigenvalue weighted by Crippen LogP contribution is 2.37. The summed E-state index contributed by atoms with van der Waals surface area (Å²) in [6.45, 7) is 0. The normalized spacial score (nSPS) is 18.1. The summed E-state index contributed by atoms with van der Waals surface area (Å²) in [4.78, 5) is 32.3. The van der Waals surface area contributed by atoms with Crippen molar-refractivity contribution in [1.82, 2.24) is 9.97 Å². The number of para-hydroxylation sites is 1. The van der Waals surface area contributed by atoms with Gasteiger partial charge in [0.2, 0.25) is 11.9 Å². The minimum Gasteiger partial charge on any atom is -0.326 e. The van der Waals surface area contributed by atoms with Crippen LogP contribution in [0.25, 0.3) is 0 Å². The van der Waals surface area contributed by atoms with E-state index >= 15 is 0 Å². The molecule has 0 radical (unpaired) electrons. The predicted octanol–water partition coefficient (Wildman–Crippen LogP) is 2.74. The molecule has 0 bridgehead atoms. The highest BCUT2D eigenvalue weighted by atomic mass is 16.2. The van der Waals surface area contributed by atoms with Gasteiger partial charge in [-0.2, -0.15) is 10.2 Å². The molecule has 4 rings (SSSR count). The zero-order valence-corrected chi connectivity index (χ0v) is 14.1. The Labute approximate surface area is 154 Å². The maximum Gasteiger partial charge on any atom is 0.258 e. The van der Waals surface area contributed by atoms with Crippen molar-refractivity contribution < 1.29 is 4.79 Å². The van der Waals surface area contributed by atoms with Crippen LogP contribution >= 0.6 is 0 Å². The molecule has 2 heterocycles. The molecular formula is C20H15N5O2. The van der Waals surface area contributed by atoms with Gasteiger partial charge in [-0.3, -0.25) is 14.6 Å². The molecule has 0 spiro atoms. The van der Waals surface area contributed by atoms with E-state index in [-0.39, 0.29) is 17.3 Å². The summed E-state index contributed by atoms with van der Waals surface area (Å²) in [6, 6.07) is 20.3. The van der Waals surface area contributed by atoms with Gasteiger partial charge in [-0.1, -0.05) is 48.5 Å². The molecule has 27 heavy (non-hydrogen) atoms. The van der Waals surface area contributed by atoms with Gasteiger partial charge < -0.3 is 10.6 Å². The van der Waals surface area contributed by atoms with Crippen LogP contribution in [0.2, 0.25) is 0 Å². The molecule has 132 valence electrons. The van der Waals surface area contributed by atoms with Crippen LogP contribution in [0, 0.1) is 17.2 Å². The number of nitrogens with zero attached hydrogens (tertiary/aromatic N) is 2. The molecule has 1 aliphatic heterocycles. The van der Waals surface area contributed by atoms with Gasteiger partial charge in [0.05, 0.1) is 11.6 Å². The van der Waals surface area contributed by atoms with Crippen molar-refractivity contribution in [2.45, 2.75) is 5.92 Å². The Morgan fingerprint density at radius 3 is 2.33 bits per heavy atom.